The quantitative estimate of drug-likeness (QED) is 0.288. The van der Waals surface area contributed by atoms with Crippen molar-refractivity contribution < 1.29 is 14.3 Å². The number of ether oxygens (including phenoxy) is 2. The van der Waals surface area contributed by atoms with Crippen molar-refractivity contribution in [2.75, 3.05) is 17.7 Å². The topological polar surface area (TPSA) is 78.3 Å². The molecule has 4 rings (SSSR count). The number of hydrogen-bond donors (Lipinski definition) is 1. The number of rotatable bonds is 10. The van der Waals surface area contributed by atoms with Crippen molar-refractivity contribution in [2.45, 2.75) is 18.7 Å². The predicted octanol–water partition coefficient (Wildman–Crippen LogP) is 5.63. The Morgan fingerprint density at radius 1 is 0.941 bits per heavy atom. The van der Waals surface area contributed by atoms with E-state index in [1.54, 1.807) is 24.3 Å². The Kier molecular flexibility index (Phi) is 8.06. The lowest BCUT2D eigenvalue weighted by Gasteiger charge is -2.12. The van der Waals surface area contributed by atoms with Gasteiger partial charge in [-0.05, 0) is 67.6 Å². The third kappa shape index (κ3) is 6.30. The van der Waals surface area contributed by atoms with Crippen molar-refractivity contribution in [1.29, 1.82) is 0 Å². The standard InChI is InChI=1S/C25H23ClN4O3S/c1-2-32-22-14-12-20(13-15-22)30-23(16-33-21-6-4-3-5-7-21)28-29-25(30)34-17-24(31)27-19-10-8-18(26)9-11-19/h3-15H,2,16-17H2,1H3,(H,27,31). The van der Waals surface area contributed by atoms with Crippen LogP contribution in [0.1, 0.15) is 12.7 Å². The number of carbonyl (C=O) groups is 1. The van der Waals surface area contributed by atoms with Gasteiger partial charge in [-0.15, -0.1) is 10.2 Å². The molecule has 0 bridgehead atoms. The van der Waals surface area contributed by atoms with E-state index in [9.17, 15) is 4.79 Å². The van der Waals surface area contributed by atoms with Crippen molar-refractivity contribution in [2.24, 2.45) is 0 Å². The maximum absolute atomic E-state index is 12.5. The van der Waals surface area contributed by atoms with E-state index in [4.69, 9.17) is 21.1 Å². The number of hydrogen-bond acceptors (Lipinski definition) is 6. The number of para-hydroxylation sites is 1. The predicted molar refractivity (Wildman–Crippen MR) is 134 cm³/mol. The van der Waals surface area contributed by atoms with Gasteiger partial charge in [-0.2, -0.15) is 0 Å². The van der Waals surface area contributed by atoms with E-state index in [2.05, 4.69) is 15.5 Å². The maximum atomic E-state index is 12.5. The number of thioether (sulfide) groups is 1. The van der Waals surface area contributed by atoms with Crippen LogP contribution in [0.2, 0.25) is 5.02 Å². The van der Waals surface area contributed by atoms with Gasteiger partial charge < -0.3 is 14.8 Å². The zero-order valence-electron chi connectivity index (χ0n) is 18.5. The minimum atomic E-state index is -0.157. The average molecular weight is 495 g/mol. The van der Waals surface area contributed by atoms with Crippen molar-refractivity contribution in [1.82, 2.24) is 14.8 Å². The normalized spacial score (nSPS) is 10.6. The molecule has 9 heteroatoms. The highest BCUT2D eigenvalue weighted by atomic mass is 35.5. The SMILES string of the molecule is CCOc1ccc(-n2c(COc3ccccc3)nnc2SCC(=O)Nc2ccc(Cl)cc2)cc1. The third-order valence-electron chi connectivity index (χ3n) is 4.68. The van der Waals surface area contributed by atoms with Gasteiger partial charge in [-0.3, -0.25) is 9.36 Å². The smallest absolute Gasteiger partial charge is 0.234 e. The van der Waals surface area contributed by atoms with E-state index in [1.807, 2.05) is 66.1 Å². The lowest BCUT2D eigenvalue weighted by Crippen LogP contribution is -2.14. The number of nitrogens with zero attached hydrogens (tertiary/aromatic N) is 3. The number of anilines is 1. The second kappa shape index (κ2) is 11.6. The molecule has 0 aliphatic carbocycles. The Bertz CT molecular complexity index is 1220. The van der Waals surface area contributed by atoms with Crippen molar-refractivity contribution in [3.05, 3.63) is 89.7 Å². The Labute approximate surface area is 207 Å². The zero-order chi connectivity index (χ0) is 23.8. The summed E-state index contributed by atoms with van der Waals surface area (Å²) in [5.74, 6) is 2.14. The highest BCUT2D eigenvalue weighted by Gasteiger charge is 2.17. The number of aromatic nitrogens is 3. The van der Waals surface area contributed by atoms with Crippen LogP contribution >= 0.6 is 23.4 Å². The molecule has 34 heavy (non-hydrogen) atoms. The van der Waals surface area contributed by atoms with Crippen LogP contribution in [0.4, 0.5) is 5.69 Å². The molecule has 1 amide bonds. The Morgan fingerprint density at radius 3 is 2.35 bits per heavy atom. The summed E-state index contributed by atoms with van der Waals surface area (Å²) >= 11 is 7.20. The van der Waals surface area contributed by atoms with Gasteiger partial charge in [-0.1, -0.05) is 41.6 Å². The summed E-state index contributed by atoms with van der Waals surface area (Å²) in [6.07, 6.45) is 0. The zero-order valence-corrected chi connectivity index (χ0v) is 20.1. The van der Waals surface area contributed by atoms with Crippen molar-refractivity contribution >= 4 is 35.0 Å². The van der Waals surface area contributed by atoms with E-state index in [0.717, 1.165) is 17.2 Å². The summed E-state index contributed by atoms with van der Waals surface area (Å²) in [6.45, 7) is 2.75. The number of amides is 1. The van der Waals surface area contributed by atoms with Crippen molar-refractivity contribution in [3.8, 4) is 17.2 Å². The molecule has 0 aliphatic heterocycles. The highest BCUT2D eigenvalue weighted by Crippen LogP contribution is 2.25. The monoisotopic (exact) mass is 494 g/mol. The van der Waals surface area contributed by atoms with Crippen LogP contribution in [-0.2, 0) is 11.4 Å². The number of halogens is 1. The van der Waals surface area contributed by atoms with Gasteiger partial charge in [0.05, 0.1) is 12.4 Å². The van der Waals surface area contributed by atoms with Crippen LogP contribution < -0.4 is 14.8 Å². The third-order valence-corrected chi connectivity index (χ3v) is 5.86. The molecule has 1 N–H and O–H groups in total. The summed E-state index contributed by atoms with van der Waals surface area (Å²) < 4.78 is 13.3. The number of carbonyl (C=O) groups excluding carboxylic acids is 1. The highest BCUT2D eigenvalue weighted by molar-refractivity contribution is 7.99. The second-order valence-electron chi connectivity index (χ2n) is 7.11. The van der Waals surface area contributed by atoms with Gasteiger partial charge in [0.15, 0.2) is 11.0 Å². The first-order valence-electron chi connectivity index (χ1n) is 10.7. The van der Waals surface area contributed by atoms with Gasteiger partial charge in [-0.25, -0.2) is 0 Å². The molecule has 1 heterocycles. The van der Waals surface area contributed by atoms with E-state index >= 15 is 0 Å². The molecular formula is C25H23ClN4O3S. The summed E-state index contributed by atoms with van der Waals surface area (Å²) in [6, 6.07) is 24.1. The van der Waals surface area contributed by atoms with Gasteiger partial charge in [0.2, 0.25) is 5.91 Å². The van der Waals surface area contributed by atoms with Crippen LogP contribution in [0.3, 0.4) is 0 Å². The molecule has 0 spiro atoms. The van der Waals surface area contributed by atoms with E-state index in [0.29, 0.717) is 28.3 Å². The molecule has 0 atom stereocenters. The summed E-state index contributed by atoms with van der Waals surface area (Å²) in [4.78, 5) is 12.5. The Morgan fingerprint density at radius 2 is 1.65 bits per heavy atom. The molecule has 174 valence electrons. The largest absolute Gasteiger partial charge is 0.494 e. The van der Waals surface area contributed by atoms with E-state index in [-0.39, 0.29) is 18.3 Å². The lowest BCUT2D eigenvalue weighted by molar-refractivity contribution is -0.113. The summed E-state index contributed by atoms with van der Waals surface area (Å²) in [5, 5.41) is 12.7. The summed E-state index contributed by atoms with van der Waals surface area (Å²) in [7, 11) is 0. The van der Waals surface area contributed by atoms with E-state index < -0.39 is 0 Å². The minimum absolute atomic E-state index is 0.157. The molecule has 7 nitrogen and oxygen atoms in total. The van der Waals surface area contributed by atoms with Crippen LogP contribution in [0.15, 0.2) is 84.0 Å². The molecular weight excluding hydrogens is 472 g/mol. The minimum Gasteiger partial charge on any atom is -0.494 e. The molecule has 0 saturated heterocycles. The molecule has 0 saturated carbocycles. The molecule has 3 aromatic carbocycles. The Hall–Kier alpha value is -3.49. The molecule has 0 unspecified atom stereocenters. The number of nitrogens with one attached hydrogen (secondary N) is 1. The van der Waals surface area contributed by atoms with E-state index in [1.165, 1.54) is 11.8 Å². The molecule has 0 radical (unpaired) electrons. The van der Waals surface area contributed by atoms with Gasteiger partial charge in [0.1, 0.15) is 18.1 Å². The fourth-order valence-electron chi connectivity index (χ4n) is 3.13. The molecule has 4 aromatic rings. The van der Waals surface area contributed by atoms with Crippen LogP contribution in [-0.4, -0.2) is 33.0 Å². The van der Waals surface area contributed by atoms with Crippen LogP contribution in [0.25, 0.3) is 5.69 Å². The second-order valence-corrected chi connectivity index (χ2v) is 8.49. The fraction of sp³-hybridized carbons (Fsp3) is 0.160. The Balaban J connectivity index is 1.51. The number of benzene rings is 3. The summed E-state index contributed by atoms with van der Waals surface area (Å²) in [5.41, 5.74) is 1.53. The van der Waals surface area contributed by atoms with Gasteiger partial charge >= 0.3 is 0 Å². The molecule has 0 aliphatic rings. The van der Waals surface area contributed by atoms with Gasteiger partial charge in [0, 0.05) is 16.4 Å². The molecule has 1 aromatic heterocycles. The first kappa shape index (κ1) is 23.7. The van der Waals surface area contributed by atoms with Gasteiger partial charge in [0.25, 0.3) is 0 Å². The fourth-order valence-corrected chi connectivity index (χ4v) is 4.03. The average Bonchev–Trinajstić information content (AvgIpc) is 3.27. The first-order chi connectivity index (χ1) is 16.6. The molecule has 0 fully saturated rings. The van der Waals surface area contributed by atoms with Crippen molar-refractivity contribution in [3.63, 3.8) is 0 Å². The maximum Gasteiger partial charge on any atom is 0.234 e. The van der Waals surface area contributed by atoms with Crippen LogP contribution in [0.5, 0.6) is 11.5 Å². The lowest BCUT2D eigenvalue weighted by atomic mass is 10.3. The van der Waals surface area contributed by atoms with Crippen LogP contribution in [0, 0.1) is 0 Å². The first-order valence-corrected chi connectivity index (χ1v) is 12.0.